The molecule has 0 aliphatic heterocycles. The van der Waals surface area contributed by atoms with E-state index in [9.17, 15) is 9.90 Å². The van der Waals surface area contributed by atoms with Gasteiger partial charge in [-0.1, -0.05) is 26.2 Å². The first-order chi connectivity index (χ1) is 10.3. The predicted octanol–water partition coefficient (Wildman–Crippen LogP) is 2.38. The van der Waals surface area contributed by atoms with Crippen LogP contribution in [-0.2, 0) is 4.79 Å². The number of carbonyl (C=O) groups excluding carboxylic acids is 1. The molecule has 0 aromatic carbocycles. The van der Waals surface area contributed by atoms with E-state index in [4.69, 9.17) is 0 Å². The van der Waals surface area contributed by atoms with Crippen molar-refractivity contribution in [2.75, 3.05) is 13.2 Å². The van der Waals surface area contributed by atoms with E-state index in [0.29, 0.717) is 19.0 Å². The lowest BCUT2D eigenvalue weighted by atomic mass is 10.1. The maximum absolute atomic E-state index is 12.7. The average Bonchev–Trinajstić information content (AvgIpc) is 3.16. The van der Waals surface area contributed by atoms with Gasteiger partial charge in [0.05, 0.1) is 12.9 Å². The maximum atomic E-state index is 12.7. The number of amides is 1. The molecule has 1 aliphatic carbocycles. The Kier molecular flexibility index (Phi) is 6.23. The van der Waals surface area contributed by atoms with Gasteiger partial charge in [-0.15, -0.1) is 0 Å². The van der Waals surface area contributed by atoms with Crippen LogP contribution in [0.1, 0.15) is 57.9 Å². The van der Waals surface area contributed by atoms with Gasteiger partial charge in [-0.25, -0.2) is 4.98 Å². The highest BCUT2D eigenvalue weighted by atomic mass is 16.3. The van der Waals surface area contributed by atoms with Crippen LogP contribution in [0.4, 0.5) is 0 Å². The second-order valence-corrected chi connectivity index (χ2v) is 5.91. The van der Waals surface area contributed by atoms with Crippen LogP contribution >= 0.6 is 0 Å². The van der Waals surface area contributed by atoms with Crippen molar-refractivity contribution >= 4 is 5.91 Å². The Labute approximate surface area is 127 Å². The van der Waals surface area contributed by atoms with E-state index >= 15 is 0 Å². The summed E-state index contributed by atoms with van der Waals surface area (Å²) in [5.74, 6) is 0.170. The van der Waals surface area contributed by atoms with Crippen LogP contribution in [0.2, 0.25) is 0 Å². The largest absolute Gasteiger partial charge is 0.395 e. The molecule has 0 saturated heterocycles. The normalized spacial score (nSPS) is 17.0. The van der Waals surface area contributed by atoms with Crippen molar-refractivity contribution in [2.45, 2.75) is 64.0 Å². The molecule has 1 fully saturated rings. The molecular weight excluding hydrogens is 266 g/mol. The van der Waals surface area contributed by atoms with Crippen LogP contribution in [0.5, 0.6) is 0 Å². The number of hydrogen-bond acceptors (Lipinski definition) is 3. The van der Waals surface area contributed by atoms with Gasteiger partial charge in [0.2, 0.25) is 5.91 Å². The predicted molar refractivity (Wildman–Crippen MR) is 81.8 cm³/mol. The molecule has 0 radical (unpaired) electrons. The highest BCUT2D eigenvalue weighted by Gasteiger charge is 2.27. The zero-order chi connectivity index (χ0) is 15.1. The molecular formula is C16H27N3O2. The smallest absolute Gasteiger partial charge is 0.224 e. The monoisotopic (exact) mass is 293 g/mol. The molecule has 5 heteroatoms. The van der Waals surface area contributed by atoms with Crippen molar-refractivity contribution in [1.29, 1.82) is 0 Å². The first-order valence-corrected chi connectivity index (χ1v) is 8.14. The summed E-state index contributed by atoms with van der Waals surface area (Å²) >= 11 is 0. The number of aromatic nitrogens is 2. The topological polar surface area (TPSA) is 58.4 Å². The minimum absolute atomic E-state index is 0.0474. The zero-order valence-corrected chi connectivity index (χ0v) is 12.9. The van der Waals surface area contributed by atoms with Crippen molar-refractivity contribution in [1.82, 2.24) is 14.5 Å². The van der Waals surface area contributed by atoms with E-state index in [1.807, 2.05) is 15.7 Å². The molecule has 1 heterocycles. The number of aliphatic hydroxyl groups is 1. The summed E-state index contributed by atoms with van der Waals surface area (Å²) in [5.41, 5.74) is 0. The standard InChI is InChI=1S/C16H27N3O2/c1-2-5-15(18-9-8-17-13-18)12-16(21)19(10-11-20)14-6-3-4-7-14/h8-9,13-15,20H,2-7,10-12H2,1H3. The molecule has 1 aromatic rings. The third-order valence-electron chi connectivity index (χ3n) is 4.41. The second-order valence-electron chi connectivity index (χ2n) is 5.91. The molecule has 1 atom stereocenters. The zero-order valence-electron chi connectivity index (χ0n) is 12.9. The van der Waals surface area contributed by atoms with Crippen LogP contribution < -0.4 is 0 Å². The Bertz CT molecular complexity index is 413. The van der Waals surface area contributed by atoms with E-state index in [1.54, 1.807) is 12.5 Å². The maximum Gasteiger partial charge on any atom is 0.224 e. The lowest BCUT2D eigenvalue weighted by Crippen LogP contribution is -2.41. The second kappa shape index (κ2) is 8.17. The molecule has 0 spiro atoms. The SMILES string of the molecule is CCCC(CC(=O)N(CCO)C1CCCC1)n1ccnc1. The van der Waals surface area contributed by atoms with Gasteiger partial charge in [0.1, 0.15) is 0 Å². The lowest BCUT2D eigenvalue weighted by molar-refractivity contribution is -0.135. The molecule has 1 saturated carbocycles. The summed E-state index contributed by atoms with van der Waals surface area (Å²) in [6.07, 6.45) is 12.5. The Morgan fingerprint density at radius 2 is 2.24 bits per heavy atom. The number of imidazole rings is 1. The Hall–Kier alpha value is -1.36. The minimum Gasteiger partial charge on any atom is -0.395 e. The first-order valence-electron chi connectivity index (χ1n) is 8.14. The molecule has 1 aromatic heterocycles. The van der Waals surface area contributed by atoms with E-state index < -0.39 is 0 Å². The molecule has 1 unspecified atom stereocenters. The van der Waals surface area contributed by atoms with Gasteiger partial charge in [0.25, 0.3) is 0 Å². The first kappa shape index (κ1) is 16.0. The van der Waals surface area contributed by atoms with E-state index in [-0.39, 0.29) is 18.6 Å². The third kappa shape index (κ3) is 4.30. The van der Waals surface area contributed by atoms with Gasteiger partial charge in [0, 0.05) is 37.4 Å². The van der Waals surface area contributed by atoms with Gasteiger partial charge >= 0.3 is 0 Å². The molecule has 2 rings (SSSR count). The fraction of sp³-hybridized carbons (Fsp3) is 0.750. The Morgan fingerprint density at radius 1 is 1.48 bits per heavy atom. The third-order valence-corrected chi connectivity index (χ3v) is 4.41. The summed E-state index contributed by atoms with van der Waals surface area (Å²) in [7, 11) is 0. The van der Waals surface area contributed by atoms with Crippen molar-refractivity contribution < 1.29 is 9.90 Å². The number of carbonyl (C=O) groups is 1. The van der Waals surface area contributed by atoms with Gasteiger partial charge in [-0.3, -0.25) is 4.79 Å². The molecule has 1 N–H and O–H groups in total. The van der Waals surface area contributed by atoms with Crippen molar-refractivity contribution in [2.24, 2.45) is 0 Å². The van der Waals surface area contributed by atoms with Crippen molar-refractivity contribution in [3.05, 3.63) is 18.7 Å². The highest BCUT2D eigenvalue weighted by molar-refractivity contribution is 5.77. The van der Waals surface area contributed by atoms with Crippen LogP contribution in [0.3, 0.4) is 0 Å². The molecule has 118 valence electrons. The fourth-order valence-corrected chi connectivity index (χ4v) is 3.33. The number of rotatable bonds is 8. The van der Waals surface area contributed by atoms with Crippen molar-refractivity contribution in [3.63, 3.8) is 0 Å². The Morgan fingerprint density at radius 3 is 2.81 bits per heavy atom. The number of nitrogens with zero attached hydrogens (tertiary/aromatic N) is 3. The van der Waals surface area contributed by atoms with Gasteiger partial charge in [-0.2, -0.15) is 0 Å². The van der Waals surface area contributed by atoms with E-state index in [2.05, 4.69) is 11.9 Å². The molecule has 21 heavy (non-hydrogen) atoms. The van der Waals surface area contributed by atoms with Crippen LogP contribution in [0, 0.1) is 0 Å². The van der Waals surface area contributed by atoms with Gasteiger partial charge in [-0.05, 0) is 19.3 Å². The van der Waals surface area contributed by atoms with Crippen LogP contribution in [0.15, 0.2) is 18.7 Å². The summed E-state index contributed by atoms with van der Waals surface area (Å²) < 4.78 is 2.03. The highest BCUT2D eigenvalue weighted by Crippen LogP contribution is 2.26. The summed E-state index contributed by atoms with van der Waals surface area (Å²) in [5, 5.41) is 9.26. The summed E-state index contributed by atoms with van der Waals surface area (Å²) in [4.78, 5) is 18.7. The fourth-order valence-electron chi connectivity index (χ4n) is 3.33. The summed E-state index contributed by atoms with van der Waals surface area (Å²) in [6, 6.07) is 0.502. The lowest BCUT2D eigenvalue weighted by Gasteiger charge is -2.30. The molecule has 0 bridgehead atoms. The quantitative estimate of drug-likeness (QED) is 0.800. The minimum atomic E-state index is 0.0474. The summed E-state index contributed by atoms with van der Waals surface area (Å²) in [6.45, 7) is 2.65. The van der Waals surface area contributed by atoms with Gasteiger partial charge in [0.15, 0.2) is 0 Å². The van der Waals surface area contributed by atoms with Crippen LogP contribution in [-0.4, -0.2) is 44.7 Å². The number of aliphatic hydroxyl groups excluding tert-OH is 1. The van der Waals surface area contributed by atoms with Crippen molar-refractivity contribution in [3.8, 4) is 0 Å². The Balaban J connectivity index is 2.01. The molecule has 5 nitrogen and oxygen atoms in total. The molecule has 1 aliphatic rings. The average molecular weight is 293 g/mol. The van der Waals surface area contributed by atoms with Crippen LogP contribution in [0.25, 0.3) is 0 Å². The molecule has 1 amide bonds. The van der Waals surface area contributed by atoms with Gasteiger partial charge < -0.3 is 14.6 Å². The number of hydrogen-bond donors (Lipinski definition) is 1. The van der Waals surface area contributed by atoms with E-state index in [1.165, 1.54) is 12.8 Å². The van der Waals surface area contributed by atoms with E-state index in [0.717, 1.165) is 25.7 Å².